The summed E-state index contributed by atoms with van der Waals surface area (Å²) in [6.07, 6.45) is 0.634. The van der Waals surface area contributed by atoms with Gasteiger partial charge in [-0.25, -0.2) is 4.79 Å². The molecule has 0 aliphatic carbocycles. The van der Waals surface area contributed by atoms with Gasteiger partial charge in [-0.1, -0.05) is 13.8 Å². The Morgan fingerprint density at radius 2 is 2.17 bits per heavy atom. The van der Waals surface area contributed by atoms with Crippen molar-refractivity contribution in [3.05, 3.63) is 23.0 Å². The van der Waals surface area contributed by atoms with Crippen LogP contribution in [0.2, 0.25) is 0 Å². The fraction of sp³-hybridized carbons (Fsp3) is 0.500. The molecule has 0 spiro atoms. The first-order valence-electron chi connectivity index (χ1n) is 5.66. The Bertz CT molecular complexity index is 511. The molecule has 0 fully saturated rings. The molecule has 2 rings (SSSR count). The van der Waals surface area contributed by atoms with Crippen LogP contribution in [0.25, 0.3) is 0 Å². The number of hydrogen-bond donors (Lipinski definition) is 1. The third kappa shape index (κ3) is 2.32. The Hall–Kier alpha value is -1.98. The van der Waals surface area contributed by atoms with Crippen LogP contribution >= 0.6 is 0 Å². The minimum Gasteiger partial charge on any atom is -0.464 e. The zero-order valence-electron chi connectivity index (χ0n) is 10.6. The molecule has 6 nitrogen and oxygen atoms in total. The van der Waals surface area contributed by atoms with Crippen LogP contribution in [0.4, 0.5) is 0 Å². The van der Waals surface area contributed by atoms with Gasteiger partial charge in [0.15, 0.2) is 5.69 Å². The van der Waals surface area contributed by atoms with Crippen molar-refractivity contribution in [1.29, 1.82) is 0 Å². The minimum absolute atomic E-state index is 0.0473. The van der Waals surface area contributed by atoms with Gasteiger partial charge >= 0.3 is 5.97 Å². The van der Waals surface area contributed by atoms with Crippen LogP contribution < -0.4 is 5.32 Å². The van der Waals surface area contributed by atoms with Crippen molar-refractivity contribution >= 4 is 11.9 Å². The maximum atomic E-state index is 11.9. The third-order valence-electron chi connectivity index (χ3n) is 2.88. The molecule has 6 heteroatoms. The summed E-state index contributed by atoms with van der Waals surface area (Å²) in [6.45, 7) is 4.65. The highest BCUT2D eigenvalue weighted by atomic mass is 16.5. The number of fused-ring (bicyclic) bond motifs is 1. The van der Waals surface area contributed by atoms with Gasteiger partial charge in [0.2, 0.25) is 0 Å². The monoisotopic (exact) mass is 249 g/mol. The van der Waals surface area contributed by atoms with Crippen LogP contribution in [0.3, 0.4) is 0 Å². The van der Waals surface area contributed by atoms with Crippen molar-refractivity contribution in [3.8, 4) is 0 Å². The molecule has 1 N–H and O–H groups in total. The molecule has 0 aromatic carbocycles. The van der Waals surface area contributed by atoms with E-state index in [1.165, 1.54) is 13.2 Å². The summed E-state index contributed by atoms with van der Waals surface area (Å²) in [6, 6.07) is 1.44. The predicted molar refractivity (Wildman–Crippen MR) is 63.2 cm³/mol. The van der Waals surface area contributed by atoms with Gasteiger partial charge in [-0.3, -0.25) is 4.79 Å². The molecule has 2 heterocycles. The van der Waals surface area contributed by atoms with E-state index in [2.05, 4.69) is 20.3 Å². The lowest BCUT2D eigenvalue weighted by Gasteiger charge is -2.21. The summed E-state index contributed by atoms with van der Waals surface area (Å²) < 4.78 is 4.56. The van der Waals surface area contributed by atoms with Crippen LogP contribution in [-0.4, -0.2) is 35.7 Å². The average molecular weight is 249 g/mol. The summed E-state index contributed by atoms with van der Waals surface area (Å²) in [5, 5.41) is 10.6. The van der Waals surface area contributed by atoms with Crippen molar-refractivity contribution in [2.45, 2.75) is 20.3 Å². The van der Waals surface area contributed by atoms with Gasteiger partial charge < -0.3 is 10.1 Å². The largest absolute Gasteiger partial charge is 0.464 e. The molecular weight excluding hydrogens is 234 g/mol. The first kappa shape index (κ1) is 12.5. The van der Waals surface area contributed by atoms with Crippen LogP contribution in [0.5, 0.6) is 0 Å². The molecular formula is C12H15N3O3. The average Bonchev–Trinajstić information content (AvgIpc) is 2.45. The maximum Gasteiger partial charge on any atom is 0.358 e. The number of hydrogen-bond acceptors (Lipinski definition) is 5. The number of amides is 1. The first-order chi connectivity index (χ1) is 8.43. The zero-order chi connectivity index (χ0) is 13.3. The van der Waals surface area contributed by atoms with E-state index in [9.17, 15) is 9.59 Å². The standard InChI is InChI=1S/C12H15N3O3/c1-12(2)5-9-7(10(16)13-6-12)4-8(14-15-9)11(17)18-3/h4H,5-6H2,1-3H3,(H,13,16). The van der Waals surface area contributed by atoms with Crippen LogP contribution in [-0.2, 0) is 11.2 Å². The Labute approximate surface area is 105 Å². The van der Waals surface area contributed by atoms with Crippen molar-refractivity contribution in [3.63, 3.8) is 0 Å². The van der Waals surface area contributed by atoms with Crippen LogP contribution in [0.1, 0.15) is 40.4 Å². The molecule has 1 amide bonds. The number of aromatic nitrogens is 2. The normalized spacial score (nSPS) is 17.4. The molecule has 0 bridgehead atoms. The number of rotatable bonds is 1. The van der Waals surface area contributed by atoms with Gasteiger partial charge in [-0.05, 0) is 17.9 Å². The number of carbonyl (C=O) groups excluding carboxylic acids is 2. The highest BCUT2D eigenvalue weighted by Crippen LogP contribution is 2.24. The summed E-state index contributed by atoms with van der Waals surface area (Å²) in [7, 11) is 1.26. The molecule has 1 aromatic rings. The van der Waals surface area contributed by atoms with Gasteiger partial charge in [-0.2, -0.15) is 5.10 Å². The number of carbonyl (C=O) groups is 2. The number of methoxy groups -OCH3 is 1. The molecule has 1 aliphatic heterocycles. The molecule has 1 aliphatic rings. The quantitative estimate of drug-likeness (QED) is 0.736. The molecule has 96 valence electrons. The van der Waals surface area contributed by atoms with E-state index >= 15 is 0 Å². The number of ether oxygens (including phenoxy) is 1. The molecule has 0 atom stereocenters. The Morgan fingerprint density at radius 3 is 2.83 bits per heavy atom. The predicted octanol–water partition coefficient (Wildman–Crippen LogP) is 0.575. The number of esters is 1. The van der Waals surface area contributed by atoms with Gasteiger partial charge in [0.05, 0.1) is 18.4 Å². The van der Waals surface area contributed by atoms with E-state index < -0.39 is 5.97 Å². The van der Waals surface area contributed by atoms with Crippen molar-refractivity contribution in [2.75, 3.05) is 13.7 Å². The second kappa shape index (κ2) is 4.36. The number of nitrogens with one attached hydrogen (secondary N) is 1. The SMILES string of the molecule is COC(=O)c1cc2c(nn1)CC(C)(C)CNC2=O. The highest BCUT2D eigenvalue weighted by Gasteiger charge is 2.29. The van der Waals surface area contributed by atoms with E-state index in [-0.39, 0.29) is 17.0 Å². The molecule has 1 aromatic heterocycles. The molecule has 18 heavy (non-hydrogen) atoms. The fourth-order valence-corrected chi connectivity index (χ4v) is 1.88. The smallest absolute Gasteiger partial charge is 0.358 e. The molecule has 0 radical (unpaired) electrons. The zero-order valence-corrected chi connectivity index (χ0v) is 10.6. The van der Waals surface area contributed by atoms with Crippen molar-refractivity contribution in [2.24, 2.45) is 5.41 Å². The van der Waals surface area contributed by atoms with E-state index in [1.54, 1.807) is 0 Å². The van der Waals surface area contributed by atoms with Crippen LogP contribution in [0.15, 0.2) is 6.07 Å². The van der Waals surface area contributed by atoms with Gasteiger partial charge in [0, 0.05) is 6.54 Å². The van der Waals surface area contributed by atoms with Gasteiger partial charge in [0.25, 0.3) is 5.91 Å². The summed E-state index contributed by atoms with van der Waals surface area (Å²) in [4.78, 5) is 23.3. The lowest BCUT2D eigenvalue weighted by molar-refractivity contribution is 0.0592. The van der Waals surface area contributed by atoms with E-state index in [0.717, 1.165) is 0 Å². The summed E-state index contributed by atoms with van der Waals surface area (Å²) in [5.41, 5.74) is 0.979. The van der Waals surface area contributed by atoms with Crippen molar-refractivity contribution < 1.29 is 14.3 Å². The Morgan fingerprint density at radius 1 is 1.44 bits per heavy atom. The van der Waals surface area contributed by atoms with E-state index in [1.807, 2.05) is 13.8 Å². The third-order valence-corrected chi connectivity index (χ3v) is 2.88. The Kier molecular flexibility index (Phi) is 3.02. The number of nitrogens with zero attached hydrogens (tertiary/aromatic N) is 2. The highest BCUT2D eigenvalue weighted by molar-refractivity contribution is 5.98. The lowest BCUT2D eigenvalue weighted by atomic mass is 9.88. The Balaban J connectivity index is 2.46. The topological polar surface area (TPSA) is 81.2 Å². The minimum atomic E-state index is -0.596. The van der Waals surface area contributed by atoms with Crippen LogP contribution in [0, 0.1) is 5.41 Å². The van der Waals surface area contributed by atoms with E-state index in [0.29, 0.717) is 24.2 Å². The second-order valence-corrected chi connectivity index (χ2v) is 5.11. The van der Waals surface area contributed by atoms with Gasteiger partial charge in [0.1, 0.15) is 0 Å². The lowest BCUT2D eigenvalue weighted by Crippen LogP contribution is -2.31. The summed E-state index contributed by atoms with van der Waals surface area (Å²) in [5.74, 6) is -0.822. The second-order valence-electron chi connectivity index (χ2n) is 5.11. The molecule has 0 unspecified atom stereocenters. The van der Waals surface area contributed by atoms with Crippen molar-refractivity contribution in [1.82, 2.24) is 15.5 Å². The first-order valence-corrected chi connectivity index (χ1v) is 5.66. The summed E-state index contributed by atoms with van der Waals surface area (Å²) >= 11 is 0. The molecule has 0 saturated carbocycles. The van der Waals surface area contributed by atoms with E-state index in [4.69, 9.17) is 0 Å². The molecule has 0 saturated heterocycles. The fourth-order valence-electron chi connectivity index (χ4n) is 1.88. The van der Waals surface area contributed by atoms with Gasteiger partial charge in [-0.15, -0.1) is 5.10 Å². The maximum absolute atomic E-state index is 11.9.